The van der Waals surface area contributed by atoms with Gasteiger partial charge >= 0.3 is 0 Å². The van der Waals surface area contributed by atoms with E-state index in [4.69, 9.17) is 4.74 Å². The Morgan fingerprint density at radius 1 is 1.58 bits per heavy atom. The first kappa shape index (κ1) is 14.0. The van der Waals surface area contributed by atoms with Gasteiger partial charge in [-0.05, 0) is 20.8 Å². The van der Waals surface area contributed by atoms with Crippen molar-refractivity contribution in [2.75, 3.05) is 26.2 Å². The summed E-state index contributed by atoms with van der Waals surface area (Å²) in [6, 6.07) is 0. The van der Waals surface area contributed by atoms with Crippen LogP contribution in [0.3, 0.4) is 0 Å². The molecule has 1 amide bonds. The van der Waals surface area contributed by atoms with Crippen LogP contribution in [-0.2, 0) is 16.1 Å². The number of carbonyl (C=O) groups is 1. The SMILES string of the molecule is Cc1nc(C)n(CCNC(=O)C2(C)CNCCO2)n1. The van der Waals surface area contributed by atoms with Gasteiger partial charge < -0.3 is 15.4 Å². The number of nitrogens with one attached hydrogen (secondary N) is 2. The number of morpholine rings is 1. The summed E-state index contributed by atoms with van der Waals surface area (Å²) in [5.74, 6) is 1.51. The maximum Gasteiger partial charge on any atom is 0.253 e. The number of aryl methyl sites for hydroxylation is 2. The third-order valence-corrected chi connectivity index (χ3v) is 3.21. The summed E-state index contributed by atoms with van der Waals surface area (Å²) in [6.07, 6.45) is 0. The van der Waals surface area contributed by atoms with Gasteiger partial charge in [0.1, 0.15) is 11.6 Å². The van der Waals surface area contributed by atoms with Gasteiger partial charge in [-0.2, -0.15) is 5.10 Å². The van der Waals surface area contributed by atoms with Gasteiger partial charge in [-0.15, -0.1) is 0 Å². The fourth-order valence-electron chi connectivity index (χ4n) is 2.11. The molecule has 1 unspecified atom stereocenters. The average molecular weight is 267 g/mol. The molecule has 2 heterocycles. The van der Waals surface area contributed by atoms with E-state index in [0.29, 0.717) is 26.2 Å². The zero-order chi connectivity index (χ0) is 13.9. The summed E-state index contributed by atoms with van der Waals surface area (Å²) in [7, 11) is 0. The molecule has 7 nitrogen and oxygen atoms in total. The van der Waals surface area contributed by atoms with Crippen molar-refractivity contribution in [3.8, 4) is 0 Å². The third kappa shape index (κ3) is 3.30. The van der Waals surface area contributed by atoms with E-state index >= 15 is 0 Å². The molecule has 0 radical (unpaired) electrons. The molecule has 1 atom stereocenters. The monoisotopic (exact) mass is 267 g/mol. The number of nitrogens with zero attached hydrogens (tertiary/aromatic N) is 3. The average Bonchev–Trinajstić information content (AvgIpc) is 2.69. The molecule has 0 saturated carbocycles. The van der Waals surface area contributed by atoms with Crippen LogP contribution in [0.25, 0.3) is 0 Å². The number of amides is 1. The van der Waals surface area contributed by atoms with E-state index < -0.39 is 5.60 Å². The molecule has 19 heavy (non-hydrogen) atoms. The minimum atomic E-state index is -0.772. The molecule has 1 aliphatic heterocycles. The Hall–Kier alpha value is -1.47. The molecule has 1 saturated heterocycles. The van der Waals surface area contributed by atoms with Crippen LogP contribution in [0.15, 0.2) is 0 Å². The molecule has 2 rings (SSSR count). The van der Waals surface area contributed by atoms with Gasteiger partial charge in [0.25, 0.3) is 5.91 Å². The van der Waals surface area contributed by atoms with E-state index in [0.717, 1.165) is 18.2 Å². The van der Waals surface area contributed by atoms with Crippen molar-refractivity contribution in [2.24, 2.45) is 0 Å². The molecule has 0 spiro atoms. The highest BCUT2D eigenvalue weighted by molar-refractivity contribution is 5.85. The molecule has 0 aromatic carbocycles. The summed E-state index contributed by atoms with van der Waals surface area (Å²) >= 11 is 0. The summed E-state index contributed by atoms with van der Waals surface area (Å²) in [5, 5.41) is 10.3. The topological polar surface area (TPSA) is 81.1 Å². The molecule has 0 bridgehead atoms. The van der Waals surface area contributed by atoms with E-state index in [1.54, 1.807) is 11.6 Å². The summed E-state index contributed by atoms with van der Waals surface area (Å²) in [5.41, 5.74) is -0.772. The molecule has 106 valence electrons. The van der Waals surface area contributed by atoms with Crippen LogP contribution in [0.4, 0.5) is 0 Å². The fourth-order valence-corrected chi connectivity index (χ4v) is 2.11. The summed E-state index contributed by atoms with van der Waals surface area (Å²) in [4.78, 5) is 16.3. The highest BCUT2D eigenvalue weighted by atomic mass is 16.5. The number of carbonyl (C=O) groups excluding carboxylic acids is 1. The highest BCUT2D eigenvalue weighted by Gasteiger charge is 2.35. The zero-order valence-electron chi connectivity index (χ0n) is 11.7. The van der Waals surface area contributed by atoms with Crippen molar-refractivity contribution in [3.05, 3.63) is 11.6 Å². The fraction of sp³-hybridized carbons (Fsp3) is 0.750. The lowest BCUT2D eigenvalue weighted by atomic mass is 10.0. The van der Waals surface area contributed by atoms with Gasteiger partial charge in [0.15, 0.2) is 5.60 Å². The number of hydrogen-bond acceptors (Lipinski definition) is 5. The standard InChI is InChI=1S/C12H21N5O2/c1-9-15-10(2)17(16-9)6-4-14-11(18)12(3)8-13-5-7-19-12/h13H,4-8H2,1-3H3,(H,14,18). The van der Waals surface area contributed by atoms with Crippen LogP contribution >= 0.6 is 0 Å². The van der Waals surface area contributed by atoms with Gasteiger partial charge in [-0.25, -0.2) is 9.67 Å². The molecular formula is C12H21N5O2. The number of aromatic nitrogens is 3. The Labute approximate surface area is 112 Å². The minimum absolute atomic E-state index is 0.0887. The smallest absolute Gasteiger partial charge is 0.253 e. The molecule has 1 fully saturated rings. The number of ether oxygens (including phenoxy) is 1. The van der Waals surface area contributed by atoms with Gasteiger partial charge in [0, 0.05) is 19.6 Å². The number of hydrogen-bond donors (Lipinski definition) is 2. The quantitative estimate of drug-likeness (QED) is 0.760. The van der Waals surface area contributed by atoms with E-state index in [1.165, 1.54) is 0 Å². The third-order valence-electron chi connectivity index (χ3n) is 3.21. The van der Waals surface area contributed by atoms with Gasteiger partial charge in [0.2, 0.25) is 0 Å². The predicted octanol–water partition coefficient (Wildman–Crippen LogP) is -0.610. The van der Waals surface area contributed by atoms with E-state index in [1.807, 2.05) is 13.8 Å². The molecular weight excluding hydrogens is 246 g/mol. The molecule has 2 N–H and O–H groups in total. The largest absolute Gasteiger partial charge is 0.363 e. The predicted molar refractivity (Wildman–Crippen MR) is 69.7 cm³/mol. The molecule has 0 aliphatic carbocycles. The van der Waals surface area contributed by atoms with Crippen molar-refractivity contribution in [3.63, 3.8) is 0 Å². The van der Waals surface area contributed by atoms with Crippen molar-refractivity contribution >= 4 is 5.91 Å². The van der Waals surface area contributed by atoms with Crippen molar-refractivity contribution in [2.45, 2.75) is 32.9 Å². The Morgan fingerprint density at radius 3 is 2.95 bits per heavy atom. The molecule has 1 aliphatic rings. The zero-order valence-corrected chi connectivity index (χ0v) is 11.7. The second kappa shape index (κ2) is 5.66. The Bertz CT molecular complexity index is 451. The second-order valence-corrected chi connectivity index (χ2v) is 4.94. The molecule has 1 aromatic rings. The molecule has 7 heteroatoms. The van der Waals surface area contributed by atoms with E-state index in [2.05, 4.69) is 20.7 Å². The van der Waals surface area contributed by atoms with Crippen LogP contribution in [-0.4, -0.2) is 52.5 Å². The van der Waals surface area contributed by atoms with Gasteiger partial charge in [0.05, 0.1) is 13.2 Å². The van der Waals surface area contributed by atoms with Gasteiger partial charge in [-0.3, -0.25) is 4.79 Å². The van der Waals surface area contributed by atoms with E-state index in [9.17, 15) is 4.79 Å². The maximum absolute atomic E-state index is 12.1. The van der Waals surface area contributed by atoms with Crippen molar-refractivity contribution in [1.29, 1.82) is 0 Å². The lowest BCUT2D eigenvalue weighted by Crippen LogP contribution is -2.57. The van der Waals surface area contributed by atoms with Crippen molar-refractivity contribution < 1.29 is 9.53 Å². The summed E-state index contributed by atoms with van der Waals surface area (Å²) in [6.45, 7) is 8.58. The second-order valence-electron chi connectivity index (χ2n) is 4.94. The highest BCUT2D eigenvalue weighted by Crippen LogP contribution is 2.12. The number of rotatable bonds is 4. The lowest BCUT2D eigenvalue weighted by molar-refractivity contribution is -0.147. The Balaban J connectivity index is 1.82. The van der Waals surface area contributed by atoms with E-state index in [-0.39, 0.29) is 5.91 Å². The molecule has 1 aromatic heterocycles. The first-order chi connectivity index (χ1) is 9.01. The van der Waals surface area contributed by atoms with Crippen LogP contribution in [0, 0.1) is 13.8 Å². The lowest BCUT2D eigenvalue weighted by Gasteiger charge is -2.32. The first-order valence-electron chi connectivity index (χ1n) is 6.52. The van der Waals surface area contributed by atoms with Crippen LogP contribution in [0.2, 0.25) is 0 Å². The van der Waals surface area contributed by atoms with Crippen LogP contribution in [0.5, 0.6) is 0 Å². The van der Waals surface area contributed by atoms with Crippen LogP contribution < -0.4 is 10.6 Å². The van der Waals surface area contributed by atoms with Crippen LogP contribution in [0.1, 0.15) is 18.6 Å². The minimum Gasteiger partial charge on any atom is -0.363 e. The van der Waals surface area contributed by atoms with Crippen molar-refractivity contribution in [1.82, 2.24) is 25.4 Å². The first-order valence-corrected chi connectivity index (χ1v) is 6.52. The maximum atomic E-state index is 12.1. The Kier molecular flexibility index (Phi) is 4.16. The van der Waals surface area contributed by atoms with Gasteiger partial charge in [-0.1, -0.05) is 0 Å². The summed E-state index contributed by atoms with van der Waals surface area (Å²) < 4.78 is 7.34. The Morgan fingerprint density at radius 2 is 2.37 bits per heavy atom. The normalized spacial score (nSPS) is 23.3.